The van der Waals surface area contributed by atoms with Gasteiger partial charge in [0.15, 0.2) is 0 Å². The van der Waals surface area contributed by atoms with Gasteiger partial charge in [0.25, 0.3) is 0 Å². The van der Waals surface area contributed by atoms with Crippen molar-refractivity contribution in [2.45, 2.75) is 6.61 Å². The Balaban J connectivity index is 2.26. The summed E-state index contributed by atoms with van der Waals surface area (Å²) in [6.45, 7) is -0.0552. The van der Waals surface area contributed by atoms with E-state index < -0.39 is 0 Å². The van der Waals surface area contributed by atoms with E-state index in [0.717, 1.165) is 5.56 Å². The molecule has 1 N–H and O–H groups in total. The summed E-state index contributed by atoms with van der Waals surface area (Å²) >= 11 is 0. The second-order valence-corrected chi connectivity index (χ2v) is 3.81. The van der Waals surface area contributed by atoms with Crippen molar-refractivity contribution >= 4 is 0 Å². The highest BCUT2D eigenvalue weighted by molar-refractivity contribution is 5.43. The molecule has 5 heteroatoms. The number of hydrogen-bond donors (Lipinski definition) is 1. The molecule has 0 atom stereocenters. The van der Waals surface area contributed by atoms with E-state index in [1.54, 1.807) is 50.7 Å². The molecule has 0 saturated heterocycles. The standard InChI is InChI=1S/C14H15NO4/c1-17-11-6-12(18-2)8-13(7-11)19-14-5-10(9-16)3-4-15-14/h3-8,16H,9H2,1-2H3. The van der Waals surface area contributed by atoms with E-state index >= 15 is 0 Å². The Kier molecular flexibility index (Phi) is 4.20. The molecule has 2 aromatic rings. The van der Waals surface area contributed by atoms with Crippen LogP contribution in [0.2, 0.25) is 0 Å². The summed E-state index contributed by atoms with van der Waals surface area (Å²) in [4.78, 5) is 4.08. The number of benzene rings is 1. The van der Waals surface area contributed by atoms with Crippen LogP contribution in [0, 0.1) is 0 Å². The van der Waals surface area contributed by atoms with Gasteiger partial charge in [0.2, 0.25) is 5.88 Å². The SMILES string of the molecule is COc1cc(OC)cc(Oc2cc(CO)ccn2)c1. The van der Waals surface area contributed by atoms with Crippen molar-refractivity contribution in [1.29, 1.82) is 0 Å². The van der Waals surface area contributed by atoms with Crippen LogP contribution in [-0.4, -0.2) is 24.3 Å². The van der Waals surface area contributed by atoms with E-state index in [1.807, 2.05) is 0 Å². The molecule has 0 bridgehead atoms. The van der Waals surface area contributed by atoms with Gasteiger partial charge in [0, 0.05) is 30.5 Å². The first-order chi connectivity index (χ1) is 9.25. The van der Waals surface area contributed by atoms with Gasteiger partial charge in [-0.1, -0.05) is 0 Å². The molecule has 1 aromatic carbocycles. The van der Waals surface area contributed by atoms with Crippen LogP contribution in [0.25, 0.3) is 0 Å². The maximum atomic E-state index is 9.07. The summed E-state index contributed by atoms with van der Waals surface area (Å²) in [5.74, 6) is 2.22. The maximum absolute atomic E-state index is 9.07. The minimum absolute atomic E-state index is 0.0552. The predicted octanol–water partition coefficient (Wildman–Crippen LogP) is 2.38. The highest BCUT2D eigenvalue weighted by Gasteiger charge is 2.05. The molecule has 0 radical (unpaired) electrons. The summed E-state index contributed by atoms with van der Waals surface area (Å²) in [6.07, 6.45) is 1.58. The number of aliphatic hydroxyl groups excluding tert-OH is 1. The number of nitrogens with zero attached hydrogens (tertiary/aromatic N) is 1. The van der Waals surface area contributed by atoms with Crippen LogP contribution in [0.15, 0.2) is 36.5 Å². The fraction of sp³-hybridized carbons (Fsp3) is 0.214. The first-order valence-corrected chi connectivity index (χ1v) is 5.72. The van der Waals surface area contributed by atoms with Gasteiger partial charge in [0.05, 0.1) is 20.8 Å². The number of aromatic nitrogens is 1. The third-order valence-corrected chi connectivity index (χ3v) is 2.53. The summed E-state index contributed by atoms with van der Waals surface area (Å²) in [6, 6.07) is 8.61. The van der Waals surface area contributed by atoms with Gasteiger partial charge in [-0.25, -0.2) is 4.98 Å². The Morgan fingerprint density at radius 1 is 1.00 bits per heavy atom. The fourth-order valence-electron chi connectivity index (χ4n) is 1.57. The first-order valence-electron chi connectivity index (χ1n) is 5.72. The molecule has 1 heterocycles. The second-order valence-electron chi connectivity index (χ2n) is 3.81. The topological polar surface area (TPSA) is 60.8 Å². The van der Waals surface area contributed by atoms with E-state index in [0.29, 0.717) is 23.1 Å². The maximum Gasteiger partial charge on any atom is 0.219 e. The van der Waals surface area contributed by atoms with Crippen molar-refractivity contribution < 1.29 is 19.3 Å². The molecule has 19 heavy (non-hydrogen) atoms. The molecule has 0 unspecified atom stereocenters. The third kappa shape index (κ3) is 3.35. The lowest BCUT2D eigenvalue weighted by atomic mass is 10.3. The average Bonchev–Trinajstić information content (AvgIpc) is 2.47. The minimum atomic E-state index is -0.0552. The monoisotopic (exact) mass is 261 g/mol. The lowest BCUT2D eigenvalue weighted by Crippen LogP contribution is -1.93. The molecule has 0 amide bonds. The van der Waals surface area contributed by atoms with E-state index in [-0.39, 0.29) is 6.61 Å². The Morgan fingerprint density at radius 2 is 1.63 bits per heavy atom. The second kappa shape index (κ2) is 6.06. The summed E-state index contributed by atoms with van der Waals surface area (Å²) < 4.78 is 15.9. The molecule has 0 aliphatic heterocycles. The number of ether oxygens (including phenoxy) is 3. The third-order valence-electron chi connectivity index (χ3n) is 2.53. The van der Waals surface area contributed by atoms with E-state index in [2.05, 4.69) is 4.98 Å². The lowest BCUT2D eigenvalue weighted by molar-refractivity contribution is 0.281. The zero-order chi connectivity index (χ0) is 13.7. The van der Waals surface area contributed by atoms with Crippen LogP contribution in [-0.2, 0) is 6.61 Å². The number of methoxy groups -OCH3 is 2. The van der Waals surface area contributed by atoms with Crippen LogP contribution in [0.1, 0.15) is 5.56 Å². The molecule has 5 nitrogen and oxygen atoms in total. The quantitative estimate of drug-likeness (QED) is 0.895. The first kappa shape index (κ1) is 13.2. The Labute approximate surface area is 111 Å². The summed E-state index contributed by atoms with van der Waals surface area (Å²) in [7, 11) is 3.15. The smallest absolute Gasteiger partial charge is 0.219 e. The molecule has 2 rings (SSSR count). The van der Waals surface area contributed by atoms with Crippen molar-refractivity contribution in [2.24, 2.45) is 0 Å². The van der Waals surface area contributed by atoms with Gasteiger partial charge >= 0.3 is 0 Å². The molecule has 0 aliphatic rings. The largest absolute Gasteiger partial charge is 0.496 e. The van der Waals surface area contributed by atoms with Crippen LogP contribution < -0.4 is 14.2 Å². The van der Waals surface area contributed by atoms with Gasteiger partial charge in [-0.3, -0.25) is 0 Å². The molecular formula is C14H15NO4. The van der Waals surface area contributed by atoms with E-state index in [4.69, 9.17) is 19.3 Å². The molecular weight excluding hydrogens is 246 g/mol. The molecule has 1 aromatic heterocycles. The van der Waals surface area contributed by atoms with Crippen molar-refractivity contribution in [2.75, 3.05) is 14.2 Å². The Bertz CT molecular complexity index is 535. The fourth-order valence-corrected chi connectivity index (χ4v) is 1.57. The molecule has 0 aliphatic carbocycles. The van der Waals surface area contributed by atoms with Crippen LogP contribution >= 0.6 is 0 Å². The number of rotatable bonds is 5. The molecule has 0 fully saturated rings. The number of hydrogen-bond acceptors (Lipinski definition) is 5. The van der Waals surface area contributed by atoms with Crippen LogP contribution in [0.3, 0.4) is 0 Å². The normalized spacial score (nSPS) is 10.1. The van der Waals surface area contributed by atoms with Crippen molar-refractivity contribution in [3.8, 4) is 23.1 Å². The summed E-state index contributed by atoms with van der Waals surface area (Å²) in [5, 5.41) is 9.07. The van der Waals surface area contributed by atoms with Gasteiger partial charge in [-0.05, 0) is 11.6 Å². The molecule has 0 spiro atoms. The minimum Gasteiger partial charge on any atom is -0.496 e. The molecule has 0 saturated carbocycles. The zero-order valence-corrected chi connectivity index (χ0v) is 10.8. The average molecular weight is 261 g/mol. The highest BCUT2D eigenvalue weighted by atomic mass is 16.5. The van der Waals surface area contributed by atoms with Gasteiger partial charge < -0.3 is 19.3 Å². The van der Waals surface area contributed by atoms with Crippen LogP contribution in [0.4, 0.5) is 0 Å². The highest BCUT2D eigenvalue weighted by Crippen LogP contribution is 2.30. The van der Waals surface area contributed by atoms with Gasteiger partial charge in [-0.2, -0.15) is 0 Å². The van der Waals surface area contributed by atoms with Crippen LogP contribution in [0.5, 0.6) is 23.1 Å². The number of pyridine rings is 1. The predicted molar refractivity (Wildman–Crippen MR) is 69.8 cm³/mol. The van der Waals surface area contributed by atoms with Crippen molar-refractivity contribution in [1.82, 2.24) is 4.98 Å². The Hall–Kier alpha value is -2.27. The number of aliphatic hydroxyl groups is 1. The van der Waals surface area contributed by atoms with E-state index in [1.165, 1.54) is 0 Å². The molecule has 100 valence electrons. The van der Waals surface area contributed by atoms with Crippen molar-refractivity contribution in [3.63, 3.8) is 0 Å². The zero-order valence-electron chi connectivity index (χ0n) is 10.8. The Morgan fingerprint density at radius 3 is 2.21 bits per heavy atom. The van der Waals surface area contributed by atoms with Gasteiger partial charge in [0.1, 0.15) is 17.2 Å². The van der Waals surface area contributed by atoms with Gasteiger partial charge in [-0.15, -0.1) is 0 Å². The summed E-state index contributed by atoms with van der Waals surface area (Å²) in [5.41, 5.74) is 0.736. The van der Waals surface area contributed by atoms with Crippen molar-refractivity contribution in [3.05, 3.63) is 42.1 Å². The van der Waals surface area contributed by atoms with E-state index in [9.17, 15) is 0 Å². The lowest BCUT2D eigenvalue weighted by Gasteiger charge is -2.09.